The highest BCUT2D eigenvalue weighted by molar-refractivity contribution is 5.96. The van der Waals surface area contributed by atoms with E-state index in [0.717, 1.165) is 0 Å². The molecule has 14 heteroatoms. The van der Waals surface area contributed by atoms with E-state index in [1.165, 1.54) is 0 Å². The molecule has 0 bridgehead atoms. The van der Waals surface area contributed by atoms with E-state index < -0.39 is 80.9 Å². The largest absolute Gasteiger partial charge is 0.461 e. The molecule has 2 fully saturated rings. The van der Waals surface area contributed by atoms with Crippen LogP contribution in [0.25, 0.3) is 10.8 Å². The van der Waals surface area contributed by atoms with E-state index in [0.29, 0.717) is 21.9 Å². The highest BCUT2D eigenvalue weighted by Crippen LogP contribution is 2.45. The Morgan fingerprint density at radius 1 is 0.641 bits per heavy atom. The molecule has 2 aromatic carbocycles. The Morgan fingerprint density at radius 2 is 1.10 bits per heavy atom. The van der Waals surface area contributed by atoms with E-state index in [-0.39, 0.29) is 24.5 Å². The van der Waals surface area contributed by atoms with Crippen molar-refractivity contribution in [2.24, 2.45) is 0 Å². The Balaban J connectivity index is 1.58. The van der Waals surface area contributed by atoms with Crippen molar-refractivity contribution in [1.29, 1.82) is 0 Å². The molecular formula is C25H32O14. The molecular weight excluding hydrogens is 524 g/mol. The van der Waals surface area contributed by atoms with Gasteiger partial charge < -0.3 is 69.6 Å². The fraction of sp³-hybridized carbons (Fsp3) is 0.600. The van der Waals surface area contributed by atoms with Gasteiger partial charge in [-0.1, -0.05) is 24.3 Å². The second-order valence-electron chi connectivity index (χ2n) is 9.76. The normalized spacial score (nSPS) is 38.8. The van der Waals surface area contributed by atoms with Gasteiger partial charge in [0.1, 0.15) is 60.3 Å². The van der Waals surface area contributed by atoms with Gasteiger partial charge in [0.15, 0.2) is 6.29 Å². The molecule has 0 saturated carbocycles. The Bertz CT molecular complexity index is 1160. The molecule has 0 spiro atoms. The van der Waals surface area contributed by atoms with Crippen LogP contribution in [0.4, 0.5) is 0 Å². The first kappa shape index (κ1) is 28.4. The van der Waals surface area contributed by atoms with Crippen molar-refractivity contribution >= 4 is 10.8 Å². The summed E-state index contributed by atoms with van der Waals surface area (Å²) in [6.07, 6.45) is -16.6. The molecule has 0 radical (unpaired) electrons. The van der Waals surface area contributed by atoms with Gasteiger partial charge in [-0.05, 0) is 0 Å². The third kappa shape index (κ3) is 5.08. The summed E-state index contributed by atoms with van der Waals surface area (Å²) in [7, 11) is 0. The zero-order chi connectivity index (χ0) is 28.0. The molecule has 1 unspecified atom stereocenters. The SMILES string of the molecule is OC[C@H]1O[C@@H](Oc2c3c(c(O[C@@H]4O[C@H](CO)[C@@H](O)[C@H](O)[C@H]4O)c4ccccc24)CC(O)OC3)[C@H](O)[C@@H](O)[C@@H]1O. The summed E-state index contributed by atoms with van der Waals surface area (Å²) in [5, 5.41) is 92.0. The van der Waals surface area contributed by atoms with Gasteiger partial charge in [-0.25, -0.2) is 0 Å². The zero-order valence-electron chi connectivity index (χ0n) is 20.6. The second-order valence-corrected chi connectivity index (χ2v) is 9.76. The van der Waals surface area contributed by atoms with Crippen LogP contribution < -0.4 is 9.47 Å². The van der Waals surface area contributed by atoms with Gasteiger partial charge in [-0.15, -0.1) is 0 Å². The monoisotopic (exact) mass is 556 g/mol. The number of hydrogen-bond donors (Lipinski definition) is 9. The minimum atomic E-state index is -1.69. The smallest absolute Gasteiger partial charge is 0.229 e. The fourth-order valence-corrected chi connectivity index (χ4v) is 5.09. The van der Waals surface area contributed by atoms with E-state index in [4.69, 9.17) is 23.7 Å². The standard InChI is InChI=1S/C25H32O14/c26-6-13-16(29)18(31)20(33)24(36-13)38-22-9-3-1-2-4-10(9)23(12-8-35-15(28)5-11(12)22)39-25-21(34)19(32)17(30)14(7-27)37-25/h1-4,13-21,24-34H,5-8H2/t13-,14-,15?,16-,17-,18+,19+,20-,21-,24+,25+/m1/s1. The van der Waals surface area contributed by atoms with Gasteiger partial charge in [0.05, 0.1) is 19.8 Å². The van der Waals surface area contributed by atoms with Crippen molar-refractivity contribution in [1.82, 2.24) is 0 Å². The van der Waals surface area contributed by atoms with Crippen molar-refractivity contribution in [3.05, 3.63) is 35.4 Å². The molecule has 3 aliphatic heterocycles. The lowest BCUT2D eigenvalue weighted by Crippen LogP contribution is -2.60. The average Bonchev–Trinajstić information content (AvgIpc) is 2.94. The van der Waals surface area contributed by atoms with Crippen LogP contribution >= 0.6 is 0 Å². The predicted molar refractivity (Wildman–Crippen MR) is 127 cm³/mol. The van der Waals surface area contributed by atoms with E-state index in [1.807, 2.05) is 0 Å². The van der Waals surface area contributed by atoms with Gasteiger partial charge >= 0.3 is 0 Å². The van der Waals surface area contributed by atoms with Crippen LogP contribution in [0.15, 0.2) is 24.3 Å². The van der Waals surface area contributed by atoms with Crippen molar-refractivity contribution in [3.63, 3.8) is 0 Å². The molecule has 3 aliphatic rings. The third-order valence-electron chi connectivity index (χ3n) is 7.29. The summed E-state index contributed by atoms with van der Waals surface area (Å²) >= 11 is 0. The Morgan fingerprint density at radius 3 is 1.56 bits per heavy atom. The van der Waals surface area contributed by atoms with Crippen LogP contribution in [0.2, 0.25) is 0 Å². The lowest BCUT2D eigenvalue weighted by Gasteiger charge is -2.41. The molecule has 0 aromatic heterocycles. The van der Waals surface area contributed by atoms with Crippen LogP contribution in [0.5, 0.6) is 11.5 Å². The summed E-state index contributed by atoms with van der Waals surface area (Å²) in [5.41, 5.74) is 0.750. The van der Waals surface area contributed by atoms with Crippen molar-refractivity contribution < 1.29 is 69.6 Å². The second kappa shape index (κ2) is 11.4. The topological polar surface area (TPSA) is 228 Å². The molecule has 0 amide bonds. The number of rotatable bonds is 6. The van der Waals surface area contributed by atoms with Crippen molar-refractivity contribution in [2.45, 2.75) is 80.7 Å². The van der Waals surface area contributed by atoms with E-state index >= 15 is 0 Å². The van der Waals surface area contributed by atoms with E-state index in [1.54, 1.807) is 24.3 Å². The third-order valence-corrected chi connectivity index (χ3v) is 7.29. The summed E-state index contributed by atoms with van der Waals surface area (Å²) in [6, 6.07) is 6.67. The Labute approximate surface area is 221 Å². The molecule has 2 saturated heterocycles. The quantitative estimate of drug-likeness (QED) is 0.169. The first-order valence-electron chi connectivity index (χ1n) is 12.5. The van der Waals surface area contributed by atoms with Gasteiger partial charge in [0.25, 0.3) is 0 Å². The first-order valence-corrected chi connectivity index (χ1v) is 12.5. The zero-order valence-corrected chi connectivity index (χ0v) is 20.6. The van der Waals surface area contributed by atoms with Gasteiger partial charge in [-0.3, -0.25) is 0 Å². The van der Waals surface area contributed by atoms with E-state index in [9.17, 15) is 46.0 Å². The maximum absolute atomic E-state index is 10.6. The van der Waals surface area contributed by atoms with Crippen LogP contribution in [-0.4, -0.2) is 127 Å². The molecule has 5 rings (SSSR count). The minimum absolute atomic E-state index is 0.0992. The first-order chi connectivity index (χ1) is 18.7. The summed E-state index contributed by atoms with van der Waals surface area (Å²) in [6.45, 7) is -1.48. The maximum atomic E-state index is 10.6. The lowest BCUT2D eigenvalue weighted by molar-refractivity contribution is -0.278. The molecule has 3 heterocycles. The molecule has 2 aromatic rings. The summed E-state index contributed by atoms with van der Waals surface area (Å²) in [4.78, 5) is 0. The minimum Gasteiger partial charge on any atom is -0.461 e. The van der Waals surface area contributed by atoms with Crippen LogP contribution in [0.1, 0.15) is 11.1 Å². The van der Waals surface area contributed by atoms with Crippen molar-refractivity contribution in [3.8, 4) is 11.5 Å². The fourth-order valence-electron chi connectivity index (χ4n) is 5.09. The van der Waals surface area contributed by atoms with Gasteiger partial charge in [0, 0.05) is 28.3 Å². The molecule has 14 nitrogen and oxygen atoms in total. The van der Waals surface area contributed by atoms with Gasteiger partial charge in [0.2, 0.25) is 12.6 Å². The van der Waals surface area contributed by atoms with Crippen molar-refractivity contribution in [2.75, 3.05) is 13.2 Å². The summed E-state index contributed by atoms with van der Waals surface area (Å²) in [5.74, 6) is 0.298. The average molecular weight is 557 g/mol. The number of benzene rings is 2. The van der Waals surface area contributed by atoms with Crippen LogP contribution in [0, 0.1) is 0 Å². The molecule has 216 valence electrons. The van der Waals surface area contributed by atoms with E-state index in [2.05, 4.69) is 0 Å². The maximum Gasteiger partial charge on any atom is 0.229 e. The van der Waals surface area contributed by atoms with Crippen LogP contribution in [0.3, 0.4) is 0 Å². The highest BCUT2D eigenvalue weighted by atomic mass is 16.7. The summed E-state index contributed by atoms with van der Waals surface area (Å²) < 4.78 is 28.6. The Kier molecular flexibility index (Phi) is 8.26. The number of aliphatic hydroxyl groups is 9. The number of ether oxygens (including phenoxy) is 5. The number of fused-ring (bicyclic) bond motifs is 2. The number of aliphatic hydroxyl groups excluding tert-OH is 9. The predicted octanol–water partition coefficient (Wildman–Crippen LogP) is -3.41. The highest BCUT2D eigenvalue weighted by Gasteiger charge is 2.47. The molecule has 0 aliphatic carbocycles. The lowest BCUT2D eigenvalue weighted by atomic mass is 9.93. The van der Waals surface area contributed by atoms with Gasteiger partial charge in [-0.2, -0.15) is 0 Å². The Hall–Kier alpha value is -2.18. The van der Waals surface area contributed by atoms with Crippen LogP contribution in [-0.2, 0) is 27.2 Å². The molecule has 11 atom stereocenters. The molecule has 9 N–H and O–H groups in total. The molecule has 39 heavy (non-hydrogen) atoms. The number of hydrogen-bond acceptors (Lipinski definition) is 14.